The second-order valence-corrected chi connectivity index (χ2v) is 5.62. The maximum Gasteiger partial charge on any atom is 0.0512 e. The zero-order valence-corrected chi connectivity index (χ0v) is 12.1. The lowest BCUT2D eigenvalue weighted by atomic mass is 9.88. The van der Waals surface area contributed by atoms with Gasteiger partial charge in [0, 0.05) is 23.0 Å². The van der Waals surface area contributed by atoms with Crippen LogP contribution < -0.4 is 5.32 Å². The van der Waals surface area contributed by atoms with Crippen molar-refractivity contribution in [2.45, 2.75) is 25.8 Å². The van der Waals surface area contributed by atoms with Crippen LogP contribution in [0.2, 0.25) is 0 Å². The fraction of sp³-hybridized carbons (Fsp3) is 0.571. The van der Waals surface area contributed by atoms with Crippen LogP contribution in [0, 0.1) is 12.8 Å². The maximum absolute atomic E-state index is 5.59. The first-order valence-electron chi connectivity index (χ1n) is 6.23. The number of hydrogen-bond acceptors (Lipinski definition) is 2. The topological polar surface area (TPSA) is 21.3 Å². The monoisotopic (exact) mass is 297 g/mol. The summed E-state index contributed by atoms with van der Waals surface area (Å²) in [6.07, 6.45) is 2.41. The van der Waals surface area contributed by atoms with Crippen LogP contribution in [0.25, 0.3) is 0 Å². The van der Waals surface area contributed by atoms with Crippen molar-refractivity contribution in [3.63, 3.8) is 0 Å². The molecule has 0 aromatic heterocycles. The fourth-order valence-corrected chi connectivity index (χ4v) is 3.30. The Balaban J connectivity index is 2.21. The highest BCUT2D eigenvalue weighted by Gasteiger charge is 2.25. The quantitative estimate of drug-likeness (QED) is 0.923. The van der Waals surface area contributed by atoms with Crippen molar-refractivity contribution in [2.75, 3.05) is 20.3 Å². The third-order valence-electron chi connectivity index (χ3n) is 3.47. The zero-order valence-electron chi connectivity index (χ0n) is 10.5. The highest BCUT2D eigenvalue weighted by Crippen LogP contribution is 2.33. The third kappa shape index (κ3) is 3.09. The summed E-state index contributed by atoms with van der Waals surface area (Å²) >= 11 is 3.67. The number of benzene rings is 1. The molecule has 2 atom stereocenters. The smallest absolute Gasteiger partial charge is 0.0512 e. The van der Waals surface area contributed by atoms with E-state index in [4.69, 9.17) is 4.74 Å². The normalized spacial score (nSPS) is 22.4. The Kier molecular flexibility index (Phi) is 4.60. The van der Waals surface area contributed by atoms with Crippen molar-refractivity contribution in [3.05, 3.63) is 33.8 Å². The summed E-state index contributed by atoms with van der Waals surface area (Å²) in [5.74, 6) is 0.577. The Morgan fingerprint density at radius 3 is 2.88 bits per heavy atom. The molecule has 2 rings (SSSR count). The van der Waals surface area contributed by atoms with Gasteiger partial charge in [-0.1, -0.05) is 28.1 Å². The Bertz CT molecular complexity index is 374. The van der Waals surface area contributed by atoms with E-state index in [1.807, 2.05) is 7.05 Å². The van der Waals surface area contributed by atoms with Crippen LogP contribution in [0.3, 0.4) is 0 Å². The summed E-state index contributed by atoms with van der Waals surface area (Å²) in [6.45, 7) is 3.90. The van der Waals surface area contributed by atoms with Gasteiger partial charge in [-0.05, 0) is 44.0 Å². The predicted octanol–water partition coefficient (Wildman–Crippen LogP) is 3.44. The third-order valence-corrected chi connectivity index (χ3v) is 4.16. The number of halogens is 1. The minimum atomic E-state index is 0.380. The molecule has 1 saturated heterocycles. The number of ether oxygens (including phenoxy) is 1. The van der Waals surface area contributed by atoms with Gasteiger partial charge in [-0.25, -0.2) is 0 Å². The number of nitrogens with one attached hydrogen (secondary N) is 1. The first-order chi connectivity index (χ1) is 8.22. The first kappa shape index (κ1) is 13.1. The van der Waals surface area contributed by atoms with E-state index in [0.29, 0.717) is 12.0 Å². The summed E-state index contributed by atoms with van der Waals surface area (Å²) in [6, 6.07) is 6.96. The lowest BCUT2D eigenvalue weighted by Gasteiger charge is -2.31. The molecular weight excluding hydrogens is 278 g/mol. The second kappa shape index (κ2) is 5.98. The van der Waals surface area contributed by atoms with E-state index < -0.39 is 0 Å². The number of aryl methyl sites for hydroxylation is 1. The molecular formula is C14H20BrNO. The van der Waals surface area contributed by atoms with Crippen LogP contribution in [0.5, 0.6) is 0 Å². The molecule has 0 aliphatic carbocycles. The van der Waals surface area contributed by atoms with Crippen molar-refractivity contribution in [2.24, 2.45) is 5.92 Å². The fourth-order valence-electron chi connectivity index (χ4n) is 2.56. The average molecular weight is 298 g/mol. The van der Waals surface area contributed by atoms with Gasteiger partial charge in [-0.3, -0.25) is 0 Å². The summed E-state index contributed by atoms with van der Waals surface area (Å²) in [4.78, 5) is 0. The highest BCUT2D eigenvalue weighted by atomic mass is 79.9. The van der Waals surface area contributed by atoms with Crippen LogP contribution >= 0.6 is 15.9 Å². The van der Waals surface area contributed by atoms with Gasteiger partial charge in [0.2, 0.25) is 0 Å². The van der Waals surface area contributed by atoms with Gasteiger partial charge < -0.3 is 10.1 Å². The molecule has 1 aromatic carbocycles. The van der Waals surface area contributed by atoms with Crippen molar-refractivity contribution in [1.82, 2.24) is 5.32 Å². The van der Waals surface area contributed by atoms with Gasteiger partial charge in [0.05, 0.1) is 6.61 Å². The van der Waals surface area contributed by atoms with Crippen LogP contribution in [0.4, 0.5) is 0 Å². The van der Waals surface area contributed by atoms with Gasteiger partial charge in [0.25, 0.3) is 0 Å². The van der Waals surface area contributed by atoms with Gasteiger partial charge in [0.1, 0.15) is 0 Å². The molecule has 2 unspecified atom stereocenters. The molecule has 0 saturated carbocycles. The number of hydrogen-bond donors (Lipinski definition) is 1. The molecule has 94 valence electrons. The van der Waals surface area contributed by atoms with E-state index in [2.05, 4.69) is 46.4 Å². The van der Waals surface area contributed by atoms with E-state index in [-0.39, 0.29) is 0 Å². The minimum absolute atomic E-state index is 0.380. The molecule has 0 spiro atoms. The summed E-state index contributed by atoms with van der Waals surface area (Å²) in [7, 11) is 2.03. The standard InChI is InChI=1S/C14H20BrNO/c1-10-5-6-12(13(15)8-10)14(16-2)11-4-3-7-17-9-11/h5-6,8,11,14,16H,3-4,7,9H2,1-2H3. The van der Waals surface area contributed by atoms with E-state index >= 15 is 0 Å². The van der Waals surface area contributed by atoms with Crippen LogP contribution in [-0.4, -0.2) is 20.3 Å². The minimum Gasteiger partial charge on any atom is -0.381 e. The lowest BCUT2D eigenvalue weighted by Crippen LogP contribution is -2.31. The van der Waals surface area contributed by atoms with Crippen LogP contribution in [0.1, 0.15) is 30.0 Å². The first-order valence-corrected chi connectivity index (χ1v) is 7.02. The van der Waals surface area contributed by atoms with Crippen molar-refractivity contribution in [1.29, 1.82) is 0 Å². The molecule has 1 fully saturated rings. The van der Waals surface area contributed by atoms with Crippen molar-refractivity contribution >= 4 is 15.9 Å². The molecule has 1 aromatic rings. The Labute approximate surface area is 112 Å². The molecule has 1 aliphatic heterocycles. The Morgan fingerprint density at radius 2 is 2.29 bits per heavy atom. The number of rotatable bonds is 3. The molecule has 0 bridgehead atoms. The molecule has 1 heterocycles. The van der Waals surface area contributed by atoms with E-state index in [9.17, 15) is 0 Å². The van der Waals surface area contributed by atoms with Gasteiger partial charge in [-0.2, -0.15) is 0 Å². The summed E-state index contributed by atoms with van der Waals surface area (Å²) < 4.78 is 6.79. The van der Waals surface area contributed by atoms with Crippen LogP contribution in [-0.2, 0) is 4.74 Å². The average Bonchev–Trinajstić information content (AvgIpc) is 2.34. The summed E-state index contributed by atoms with van der Waals surface area (Å²) in [5, 5.41) is 3.44. The zero-order chi connectivity index (χ0) is 12.3. The van der Waals surface area contributed by atoms with E-state index in [1.54, 1.807) is 0 Å². The van der Waals surface area contributed by atoms with Crippen LogP contribution in [0.15, 0.2) is 22.7 Å². The van der Waals surface area contributed by atoms with E-state index in [1.165, 1.54) is 28.4 Å². The molecule has 1 N–H and O–H groups in total. The molecule has 0 radical (unpaired) electrons. The van der Waals surface area contributed by atoms with Gasteiger partial charge in [0.15, 0.2) is 0 Å². The Morgan fingerprint density at radius 1 is 1.47 bits per heavy atom. The summed E-state index contributed by atoms with van der Waals surface area (Å²) in [5.41, 5.74) is 2.63. The Hall–Kier alpha value is -0.380. The van der Waals surface area contributed by atoms with Crippen molar-refractivity contribution in [3.8, 4) is 0 Å². The molecule has 2 nitrogen and oxygen atoms in total. The second-order valence-electron chi connectivity index (χ2n) is 4.77. The van der Waals surface area contributed by atoms with Gasteiger partial charge in [-0.15, -0.1) is 0 Å². The SMILES string of the molecule is CNC(c1ccc(C)cc1Br)C1CCCOC1. The molecule has 1 aliphatic rings. The molecule has 0 amide bonds. The molecule has 3 heteroatoms. The predicted molar refractivity (Wildman–Crippen MR) is 74.2 cm³/mol. The maximum atomic E-state index is 5.59. The molecule has 17 heavy (non-hydrogen) atoms. The lowest BCUT2D eigenvalue weighted by molar-refractivity contribution is 0.0401. The van der Waals surface area contributed by atoms with Gasteiger partial charge >= 0.3 is 0 Å². The largest absolute Gasteiger partial charge is 0.381 e. The van der Waals surface area contributed by atoms with E-state index in [0.717, 1.165) is 13.2 Å². The highest BCUT2D eigenvalue weighted by molar-refractivity contribution is 9.10. The van der Waals surface area contributed by atoms with Crippen molar-refractivity contribution < 1.29 is 4.74 Å².